The van der Waals surface area contributed by atoms with Crippen LogP contribution in [0.4, 0.5) is 0 Å². The highest BCUT2D eigenvalue weighted by Gasteiger charge is 2.20. The highest BCUT2D eigenvalue weighted by atomic mass is 16.6. The van der Waals surface area contributed by atoms with Crippen molar-refractivity contribution < 1.29 is 52.3 Å². The van der Waals surface area contributed by atoms with Crippen LogP contribution in [0.1, 0.15) is 39.1 Å². The summed E-state index contributed by atoms with van der Waals surface area (Å²) in [5.74, 6) is 1.08. The second-order valence-corrected chi connectivity index (χ2v) is 9.28. The molecular formula is C32H37N3O11. The van der Waals surface area contributed by atoms with Crippen LogP contribution in [-0.4, -0.2) is 80.3 Å². The Morgan fingerprint density at radius 1 is 0.652 bits per heavy atom. The number of esters is 1. The van der Waals surface area contributed by atoms with E-state index < -0.39 is 5.97 Å². The van der Waals surface area contributed by atoms with Crippen molar-refractivity contribution in [2.75, 3.05) is 56.3 Å². The van der Waals surface area contributed by atoms with Gasteiger partial charge in [-0.3, -0.25) is 9.59 Å². The van der Waals surface area contributed by atoms with E-state index in [1.165, 1.54) is 74.2 Å². The van der Waals surface area contributed by atoms with Crippen molar-refractivity contribution in [1.82, 2.24) is 10.7 Å². The van der Waals surface area contributed by atoms with Crippen LogP contribution in [0.3, 0.4) is 0 Å². The molecule has 0 fully saturated rings. The highest BCUT2D eigenvalue weighted by molar-refractivity contribution is 5.96. The van der Waals surface area contributed by atoms with Gasteiger partial charge in [-0.05, 0) is 54.4 Å². The predicted octanol–water partition coefficient (Wildman–Crippen LogP) is 3.63. The van der Waals surface area contributed by atoms with Crippen LogP contribution in [0.2, 0.25) is 0 Å². The van der Waals surface area contributed by atoms with Gasteiger partial charge in [0.15, 0.2) is 34.5 Å². The standard InChI is InChI=1S/C32H37N3O11/c1-39-23-13-19(10-11-22(23)46-32(38)21-16-26(42-4)30(45-7)27(17-21)43-5)18-34-35-28(36)9-8-12-33-31(37)20-14-24(40-2)29(44-6)25(15-20)41-3/h10-11,13-18H,8-9,12H2,1-7H3,(H,33,37)(H,35,36)/b34-18+. The summed E-state index contributed by atoms with van der Waals surface area (Å²) in [6, 6.07) is 10.8. The van der Waals surface area contributed by atoms with Gasteiger partial charge in [-0.2, -0.15) is 5.10 Å². The first-order chi connectivity index (χ1) is 22.2. The Hall–Kier alpha value is -5.66. The van der Waals surface area contributed by atoms with E-state index in [0.29, 0.717) is 52.0 Å². The van der Waals surface area contributed by atoms with Gasteiger partial charge >= 0.3 is 5.97 Å². The topological polar surface area (TPSA) is 161 Å². The molecule has 0 unspecified atom stereocenters. The molecule has 0 aliphatic carbocycles. The van der Waals surface area contributed by atoms with Crippen LogP contribution >= 0.6 is 0 Å². The maximum absolute atomic E-state index is 12.9. The van der Waals surface area contributed by atoms with Crippen molar-refractivity contribution in [3.05, 3.63) is 59.2 Å². The zero-order valence-corrected chi connectivity index (χ0v) is 26.7. The molecule has 0 atom stereocenters. The minimum atomic E-state index is -0.675. The van der Waals surface area contributed by atoms with Gasteiger partial charge in [-0.15, -0.1) is 0 Å². The Morgan fingerprint density at radius 2 is 1.17 bits per heavy atom. The third kappa shape index (κ3) is 8.71. The smallest absolute Gasteiger partial charge is 0.343 e. The second kappa shape index (κ2) is 17.0. The fourth-order valence-corrected chi connectivity index (χ4v) is 4.21. The van der Waals surface area contributed by atoms with Gasteiger partial charge < -0.3 is 43.2 Å². The fourth-order valence-electron chi connectivity index (χ4n) is 4.21. The number of ether oxygens (including phenoxy) is 8. The maximum atomic E-state index is 12.9. The van der Waals surface area contributed by atoms with Gasteiger partial charge in [0.25, 0.3) is 5.91 Å². The number of hydrogen-bond donors (Lipinski definition) is 2. The molecule has 0 radical (unpaired) electrons. The van der Waals surface area contributed by atoms with E-state index in [1.54, 1.807) is 24.3 Å². The summed E-state index contributed by atoms with van der Waals surface area (Å²) in [5.41, 5.74) is 3.51. The van der Waals surface area contributed by atoms with E-state index in [1.807, 2.05) is 0 Å². The number of rotatable bonds is 16. The molecule has 0 aromatic heterocycles. The van der Waals surface area contributed by atoms with Gasteiger partial charge in [-0.25, -0.2) is 10.2 Å². The van der Waals surface area contributed by atoms with Crippen LogP contribution in [0.25, 0.3) is 0 Å². The first kappa shape index (κ1) is 34.8. The van der Waals surface area contributed by atoms with Crippen LogP contribution < -0.4 is 48.6 Å². The van der Waals surface area contributed by atoms with Crippen molar-refractivity contribution in [2.45, 2.75) is 12.8 Å². The fraction of sp³-hybridized carbons (Fsp3) is 0.312. The van der Waals surface area contributed by atoms with Crippen molar-refractivity contribution in [3.8, 4) is 46.0 Å². The third-order valence-electron chi connectivity index (χ3n) is 6.49. The van der Waals surface area contributed by atoms with Gasteiger partial charge in [0, 0.05) is 18.5 Å². The summed E-state index contributed by atoms with van der Waals surface area (Å²) < 4.78 is 42.6. The van der Waals surface area contributed by atoms with Crippen LogP contribution in [0.5, 0.6) is 46.0 Å². The lowest BCUT2D eigenvalue weighted by Gasteiger charge is -2.14. The van der Waals surface area contributed by atoms with Crippen molar-refractivity contribution in [2.24, 2.45) is 5.10 Å². The van der Waals surface area contributed by atoms with Gasteiger partial charge in [0.05, 0.1) is 61.5 Å². The average Bonchev–Trinajstić information content (AvgIpc) is 3.08. The molecule has 3 aromatic rings. The Kier molecular flexibility index (Phi) is 12.9. The summed E-state index contributed by atoms with van der Waals surface area (Å²) in [6.45, 7) is 0.250. The Balaban J connectivity index is 1.53. The quantitative estimate of drug-likeness (QED) is 0.0774. The number of methoxy groups -OCH3 is 7. The SMILES string of the molecule is COc1cc(/C=N/NC(=O)CCCNC(=O)c2cc(OC)c(OC)c(OC)c2)ccc1OC(=O)c1cc(OC)c(OC)c(OC)c1. The largest absolute Gasteiger partial charge is 0.493 e. The van der Waals surface area contributed by atoms with Crippen molar-refractivity contribution >= 4 is 24.0 Å². The van der Waals surface area contributed by atoms with Gasteiger partial charge in [0.2, 0.25) is 17.4 Å². The molecule has 0 saturated heterocycles. The molecule has 246 valence electrons. The number of benzene rings is 3. The monoisotopic (exact) mass is 639 g/mol. The summed E-state index contributed by atoms with van der Waals surface area (Å²) in [4.78, 5) is 37.8. The zero-order valence-electron chi connectivity index (χ0n) is 26.7. The molecule has 0 bridgehead atoms. The van der Waals surface area contributed by atoms with E-state index in [2.05, 4.69) is 15.8 Å². The number of nitrogens with zero attached hydrogens (tertiary/aromatic N) is 1. The zero-order chi connectivity index (χ0) is 33.6. The number of carbonyl (C=O) groups is 3. The minimum absolute atomic E-state index is 0.117. The molecule has 46 heavy (non-hydrogen) atoms. The summed E-state index contributed by atoms with van der Waals surface area (Å²) in [5, 5.41) is 6.73. The van der Waals surface area contributed by atoms with E-state index >= 15 is 0 Å². The number of hydrazone groups is 1. The average molecular weight is 640 g/mol. The van der Waals surface area contributed by atoms with Crippen LogP contribution in [0, 0.1) is 0 Å². The van der Waals surface area contributed by atoms with Crippen molar-refractivity contribution in [3.63, 3.8) is 0 Å². The second-order valence-electron chi connectivity index (χ2n) is 9.28. The summed E-state index contributed by atoms with van der Waals surface area (Å²) >= 11 is 0. The predicted molar refractivity (Wildman–Crippen MR) is 167 cm³/mol. The lowest BCUT2D eigenvalue weighted by Crippen LogP contribution is -2.26. The molecule has 2 amide bonds. The van der Waals surface area contributed by atoms with Crippen LogP contribution in [0.15, 0.2) is 47.6 Å². The summed E-state index contributed by atoms with van der Waals surface area (Å²) in [7, 11) is 10.2. The van der Waals surface area contributed by atoms with E-state index in [9.17, 15) is 14.4 Å². The number of carbonyl (C=O) groups excluding carboxylic acids is 3. The Morgan fingerprint density at radius 3 is 1.67 bits per heavy atom. The third-order valence-corrected chi connectivity index (χ3v) is 6.49. The molecule has 3 rings (SSSR count). The molecule has 14 heteroatoms. The minimum Gasteiger partial charge on any atom is -0.493 e. The normalized spacial score (nSPS) is 10.5. The maximum Gasteiger partial charge on any atom is 0.343 e. The van der Waals surface area contributed by atoms with E-state index in [-0.39, 0.29) is 41.8 Å². The van der Waals surface area contributed by atoms with Crippen molar-refractivity contribution in [1.29, 1.82) is 0 Å². The molecular weight excluding hydrogens is 602 g/mol. The van der Waals surface area contributed by atoms with Gasteiger partial charge in [0.1, 0.15) is 0 Å². The lowest BCUT2D eigenvalue weighted by atomic mass is 10.1. The van der Waals surface area contributed by atoms with E-state index in [4.69, 9.17) is 37.9 Å². The Labute approximate surface area is 266 Å². The molecule has 0 saturated carbocycles. The molecule has 14 nitrogen and oxygen atoms in total. The summed E-state index contributed by atoms with van der Waals surface area (Å²) in [6.07, 6.45) is 1.90. The molecule has 0 heterocycles. The Bertz CT molecular complexity index is 1520. The van der Waals surface area contributed by atoms with Gasteiger partial charge in [-0.1, -0.05) is 0 Å². The van der Waals surface area contributed by atoms with E-state index in [0.717, 1.165) is 0 Å². The number of amides is 2. The molecule has 0 aliphatic heterocycles. The first-order valence-corrected chi connectivity index (χ1v) is 13.8. The number of hydrogen-bond acceptors (Lipinski definition) is 12. The lowest BCUT2D eigenvalue weighted by molar-refractivity contribution is -0.121. The highest BCUT2D eigenvalue weighted by Crippen LogP contribution is 2.39. The molecule has 2 N–H and O–H groups in total. The molecule has 0 spiro atoms. The molecule has 0 aliphatic rings. The first-order valence-electron chi connectivity index (χ1n) is 13.8. The number of nitrogens with one attached hydrogen (secondary N) is 2. The molecule has 3 aromatic carbocycles. The van der Waals surface area contributed by atoms with Crippen LogP contribution in [-0.2, 0) is 4.79 Å².